The fourth-order valence-electron chi connectivity index (χ4n) is 1.23. The van der Waals surface area contributed by atoms with Gasteiger partial charge in [0.15, 0.2) is 5.25 Å². The van der Waals surface area contributed by atoms with Gasteiger partial charge in [-0.05, 0) is 20.8 Å². The average Bonchev–Trinajstić information content (AvgIpc) is 2.29. The zero-order valence-electron chi connectivity index (χ0n) is 10.4. The summed E-state index contributed by atoms with van der Waals surface area (Å²) < 4.78 is 25.0. The van der Waals surface area contributed by atoms with Crippen LogP contribution in [0.2, 0.25) is 0 Å². The van der Waals surface area contributed by atoms with Gasteiger partial charge in [-0.25, -0.2) is 13.1 Å². The third-order valence-corrected chi connectivity index (χ3v) is 4.05. The van der Waals surface area contributed by atoms with Gasteiger partial charge < -0.3 is 4.90 Å². The van der Waals surface area contributed by atoms with Crippen molar-refractivity contribution in [2.24, 2.45) is 0 Å². The topological polar surface area (TPSA) is 90.3 Å². The van der Waals surface area contributed by atoms with Gasteiger partial charge in [-0.1, -0.05) is 0 Å². The molecule has 0 aliphatic carbocycles. The molecule has 0 bridgehead atoms. The Morgan fingerprint density at radius 1 is 1.41 bits per heavy atom. The van der Waals surface area contributed by atoms with Crippen molar-refractivity contribution in [3.63, 3.8) is 0 Å². The number of carbonyl (C=O) groups excluding carboxylic acids is 1. The molecule has 0 fully saturated rings. The number of sulfonamides is 1. The highest BCUT2D eigenvalue weighted by molar-refractivity contribution is 7.90. The molecule has 0 spiro atoms. The van der Waals surface area contributed by atoms with Crippen LogP contribution in [0.15, 0.2) is 0 Å². The molecule has 1 N–H and O–H groups in total. The molecule has 0 aliphatic heterocycles. The maximum Gasteiger partial charge on any atom is 0.227 e. The predicted octanol–water partition coefficient (Wildman–Crippen LogP) is 0.0764. The maximum atomic E-state index is 11.6. The summed E-state index contributed by atoms with van der Waals surface area (Å²) in [5.74, 6) is -0.0951. The Kier molecular flexibility index (Phi) is 6.76. The summed E-state index contributed by atoms with van der Waals surface area (Å²) in [6, 6.07) is 1.64. The quantitative estimate of drug-likeness (QED) is 0.702. The van der Waals surface area contributed by atoms with Gasteiger partial charge in [-0.15, -0.1) is 0 Å². The molecule has 7 heteroatoms. The van der Waals surface area contributed by atoms with Crippen molar-refractivity contribution < 1.29 is 13.2 Å². The van der Waals surface area contributed by atoms with E-state index in [-0.39, 0.29) is 18.9 Å². The lowest BCUT2D eigenvalue weighted by molar-refractivity contribution is -0.130. The Hall–Kier alpha value is -1.13. The van der Waals surface area contributed by atoms with Gasteiger partial charge in [0.05, 0.1) is 6.07 Å². The molecule has 0 aromatic carbocycles. The summed E-state index contributed by atoms with van der Waals surface area (Å²) in [5, 5.41) is 7.39. The van der Waals surface area contributed by atoms with Crippen molar-refractivity contribution in [1.29, 1.82) is 5.26 Å². The number of nitrogens with one attached hydrogen (secondary N) is 1. The molecule has 0 saturated heterocycles. The van der Waals surface area contributed by atoms with Gasteiger partial charge in [-0.3, -0.25) is 4.79 Å². The minimum Gasteiger partial charge on any atom is -0.343 e. The molecule has 98 valence electrons. The Labute approximate surface area is 103 Å². The van der Waals surface area contributed by atoms with E-state index in [9.17, 15) is 13.2 Å². The van der Waals surface area contributed by atoms with Crippen molar-refractivity contribution >= 4 is 15.9 Å². The fraction of sp³-hybridized carbons (Fsp3) is 0.800. The molecular weight excluding hydrogens is 242 g/mol. The third-order valence-electron chi connectivity index (χ3n) is 2.41. The first-order valence-corrected chi connectivity index (χ1v) is 7.09. The zero-order valence-corrected chi connectivity index (χ0v) is 11.2. The van der Waals surface area contributed by atoms with Gasteiger partial charge in [0, 0.05) is 26.1 Å². The Bertz CT molecular complexity index is 382. The highest BCUT2D eigenvalue weighted by Crippen LogP contribution is 1.98. The first-order valence-electron chi connectivity index (χ1n) is 5.54. The summed E-state index contributed by atoms with van der Waals surface area (Å²) in [7, 11) is -3.63. The first kappa shape index (κ1) is 15.9. The summed E-state index contributed by atoms with van der Waals surface area (Å²) in [5.41, 5.74) is 0. The zero-order chi connectivity index (χ0) is 13.5. The maximum absolute atomic E-state index is 11.6. The van der Waals surface area contributed by atoms with E-state index in [1.54, 1.807) is 11.0 Å². The molecular formula is C10H19N3O3S. The van der Waals surface area contributed by atoms with E-state index >= 15 is 0 Å². The van der Waals surface area contributed by atoms with Crippen LogP contribution in [-0.4, -0.2) is 44.1 Å². The highest BCUT2D eigenvalue weighted by Gasteiger charge is 2.20. The SMILES string of the molecule is CCN(CC)C(=O)CCNS(=O)(=O)C(C)C#N. The third kappa shape index (κ3) is 5.15. The van der Waals surface area contributed by atoms with Gasteiger partial charge in [0.25, 0.3) is 0 Å². The second kappa shape index (κ2) is 7.25. The smallest absolute Gasteiger partial charge is 0.227 e. The van der Waals surface area contributed by atoms with Crippen molar-refractivity contribution in [1.82, 2.24) is 9.62 Å². The molecule has 0 aromatic heterocycles. The number of hydrogen-bond donors (Lipinski definition) is 1. The Balaban J connectivity index is 4.18. The van der Waals surface area contributed by atoms with Crippen molar-refractivity contribution in [3.05, 3.63) is 0 Å². The molecule has 0 heterocycles. The minimum atomic E-state index is -3.63. The van der Waals surface area contributed by atoms with Crippen LogP contribution in [0.3, 0.4) is 0 Å². The molecule has 0 aliphatic rings. The van der Waals surface area contributed by atoms with E-state index < -0.39 is 15.3 Å². The van der Waals surface area contributed by atoms with Crippen molar-refractivity contribution in [2.75, 3.05) is 19.6 Å². The van der Waals surface area contributed by atoms with E-state index in [2.05, 4.69) is 4.72 Å². The van der Waals surface area contributed by atoms with E-state index in [4.69, 9.17) is 5.26 Å². The number of carbonyl (C=O) groups is 1. The average molecular weight is 261 g/mol. The van der Waals surface area contributed by atoms with Gasteiger partial charge in [0.1, 0.15) is 0 Å². The molecule has 6 nitrogen and oxygen atoms in total. The number of nitrogens with zero attached hydrogens (tertiary/aromatic N) is 2. The number of nitriles is 1. The van der Waals surface area contributed by atoms with Gasteiger partial charge in [-0.2, -0.15) is 5.26 Å². The molecule has 0 aromatic rings. The van der Waals surface area contributed by atoms with Crippen LogP contribution in [-0.2, 0) is 14.8 Å². The summed E-state index contributed by atoms with van der Waals surface area (Å²) >= 11 is 0. The monoisotopic (exact) mass is 261 g/mol. The number of hydrogen-bond acceptors (Lipinski definition) is 4. The van der Waals surface area contributed by atoms with E-state index in [0.29, 0.717) is 13.1 Å². The largest absolute Gasteiger partial charge is 0.343 e. The molecule has 0 rings (SSSR count). The van der Waals surface area contributed by atoms with Crippen LogP contribution in [0.25, 0.3) is 0 Å². The van der Waals surface area contributed by atoms with Gasteiger partial charge >= 0.3 is 0 Å². The van der Waals surface area contributed by atoms with E-state index in [1.807, 2.05) is 13.8 Å². The van der Waals surface area contributed by atoms with Crippen LogP contribution in [0.4, 0.5) is 0 Å². The van der Waals surface area contributed by atoms with E-state index in [0.717, 1.165) is 0 Å². The second-order valence-corrected chi connectivity index (χ2v) is 5.61. The first-order chi connectivity index (χ1) is 7.88. The molecule has 1 amide bonds. The summed E-state index contributed by atoms with van der Waals surface area (Å²) in [6.45, 7) is 6.28. The lowest BCUT2D eigenvalue weighted by Crippen LogP contribution is -2.36. The van der Waals surface area contributed by atoms with E-state index in [1.165, 1.54) is 6.92 Å². The van der Waals surface area contributed by atoms with Crippen LogP contribution in [0.5, 0.6) is 0 Å². The summed E-state index contributed by atoms with van der Waals surface area (Å²) in [4.78, 5) is 13.2. The summed E-state index contributed by atoms with van der Waals surface area (Å²) in [6.07, 6.45) is 0.110. The Morgan fingerprint density at radius 3 is 2.35 bits per heavy atom. The molecule has 1 unspecified atom stereocenters. The standard InChI is InChI=1S/C10H19N3O3S/c1-4-13(5-2)10(14)6-7-12-17(15,16)9(3)8-11/h9,12H,4-7H2,1-3H3. The lowest BCUT2D eigenvalue weighted by atomic mass is 10.3. The van der Waals surface area contributed by atoms with Crippen molar-refractivity contribution in [3.8, 4) is 6.07 Å². The lowest BCUT2D eigenvalue weighted by Gasteiger charge is -2.18. The van der Waals surface area contributed by atoms with Crippen molar-refractivity contribution in [2.45, 2.75) is 32.4 Å². The van der Waals surface area contributed by atoms with Crippen LogP contribution in [0.1, 0.15) is 27.2 Å². The normalized spacial score (nSPS) is 12.8. The predicted molar refractivity (Wildman–Crippen MR) is 64.5 cm³/mol. The molecule has 1 atom stereocenters. The van der Waals surface area contributed by atoms with Gasteiger partial charge in [0.2, 0.25) is 15.9 Å². The van der Waals surface area contributed by atoms with Crippen LogP contribution < -0.4 is 4.72 Å². The minimum absolute atomic E-state index is 0.0314. The molecule has 0 saturated carbocycles. The number of rotatable bonds is 7. The highest BCUT2D eigenvalue weighted by atomic mass is 32.2. The fourth-order valence-corrected chi connectivity index (χ4v) is 2.00. The Morgan fingerprint density at radius 2 is 1.94 bits per heavy atom. The van der Waals surface area contributed by atoms with Crippen LogP contribution >= 0.6 is 0 Å². The molecule has 17 heavy (non-hydrogen) atoms. The number of amides is 1. The molecule has 0 radical (unpaired) electrons. The second-order valence-electron chi connectivity index (χ2n) is 3.53. The van der Waals surface area contributed by atoms with Crippen LogP contribution in [0, 0.1) is 11.3 Å².